The van der Waals surface area contributed by atoms with Crippen molar-refractivity contribution in [1.29, 1.82) is 0 Å². The zero-order chi connectivity index (χ0) is 8.27. The Morgan fingerprint density at radius 2 is 2.45 bits per heavy atom. The number of hydrogen-bond acceptors (Lipinski definition) is 3. The fourth-order valence-corrected chi connectivity index (χ4v) is 1.24. The number of ether oxygens (including phenoxy) is 1. The lowest BCUT2D eigenvalue weighted by molar-refractivity contribution is -0.144. The molecule has 0 aromatic heterocycles. The van der Waals surface area contributed by atoms with E-state index in [0.717, 1.165) is 6.42 Å². The van der Waals surface area contributed by atoms with Crippen molar-refractivity contribution in [3.8, 4) is 0 Å². The van der Waals surface area contributed by atoms with E-state index in [4.69, 9.17) is 5.73 Å². The Morgan fingerprint density at radius 3 is 3.00 bits per heavy atom. The van der Waals surface area contributed by atoms with Crippen LogP contribution in [0, 0.1) is 5.92 Å². The minimum Gasteiger partial charge on any atom is -0.469 e. The van der Waals surface area contributed by atoms with Crippen molar-refractivity contribution in [2.24, 2.45) is 11.7 Å². The van der Waals surface area contributed by atoms with Gasteiger partial charge in [0.1, 0.15) is 0 Å². The van der Waals surface area contributed by atoms with Crippen LogP contribution >= 0.6 is 0 Å². The fourth-order valence-electron chi connectivity index (χ4n) is 1.24. The van der Waals surface area contributed by atoms with Crippen LogP contribution in [0.4, 0.5) is 0 Å². The second-order valence-corrected chi connectivity index (χ2v) is 2.79. The molecule has 1 aliphatic carbocycles. The smallest absolute Gasteiger partial charge is 0.312 e. The average molecular weight is 155 g/mol. The molecule has 0 heterocycles. The summed E-state index contributed by atoms with van der Waals surface area (Å²) in [5.41, 5.74) is 5.66. The van der Waals surface area contributed by atoms with Gasteiger partial charge in [0.15, 0.2) is 0 Å². The molecule has 1 aliphatic rings. The molecule has 11 heavy (non-hydrogen) atoms. The van der Waals surface area contributed by atoms with Crippen LogP contribution in [0.2, 0.25) is 0 Å². The molecule has 0 aliphatic heterocycles. The van der Waals surface area contributed by atoms with E-state index in [1.54, 1.807) is 0 Å². The number of rotatable bonds is 1. The highest BCUT2D eigenvalue weighted by Crippen LogP contribution is 2.17. The summed E-state index contributed by atoms with van der Waals surface area (Å²) in [6.45, 7) is 0. The molecular formula is C8H13NO2. The first-order valence-electron chi connectivity index (χ1n) is 3.74. The van der Waals surface area contributed by atoms with Gasteiger partial charge >= 0.3 is 5.97 Å². The Hall–Kier alpha value is -0.830. The van der Waals surface area contributed by atoms with Crippen molar-refractivity contribution in [3.05, 3.63) is 12.2 Å². The number of carbonyl (C=O) groups excluding carboxylic acids is 1. The summed E-state index contributed by atoms with van der Waals surface area (Å²) in [6, 6.07) is 0.115. The van der Waals surface area contributed by atoms with Gasteiger partial charge in [-0.05, 0) is 12.8 Å². The van der Waals surface area contributed by atoms with E-state index in [9.17, 15) is 4.79 Å². The van der Waals surface area contributed by atoms with E-state index in [2.05, 4.69) is 4.74 Å². The van der Waals surface area contributed by atoms with Gasteiger partial charge in [0.2, 0.25) is 0 Å². The highest BCUT2D eigenvalue weighted by molar-refractivity contribution is 5.74. The summed E-state index contributed by atoms with van der Waals surface area (Å²) in [5.74, 6) is -0.305. The Morgan fingerprint density at radius 1 is 1.73 bits per heavy atom. The first-order valence-corrected chi connectivity index (χ1v) is 3.74. The Balaban J connectivity index is 2.52. The summed E-state index contributed by atoms with van der Waals surface area (Å²) in [6.07, 6.45) is 5.39. The van der Waals surface area contributed by atoms with E-state index >= 15 is 0 Å². The van der Waals surface area contributed by atoms with Gasteiger partial charge < -0.3 is 10.5 Å². The van der Waals surface area contributed by atoms with Crippen molar-refractivity contribution in [2.45, 2.75) is 18.9 Å². The van der Waals surface area contributed by atoms with E-state index in [1.165, 1.54) is 7.11 Å². The highest BCUT2D eigenvalue weighted by atomic mass is 16.5. The molecule has 2 atom stereocenters. The standard InChI is InChI=1S/C8H13NO2/c1-11-8(10)6-3-2-4-7(9)5-6/h2-3,6-7H,4-5,9H2,1H3. The first kappa shape index (κ1) is 8.27. The normalized spacial score (nSPS) is 30.0. The van der Waals surface area contributed by atoms with Gasteiger partial charge in [0.05, 0.1) is 13.0 Å². The van der Waals surface area contributed by atoms with E-state index in [1.807, 2.05) is 12.2 Å². The van der Waals surface area contributed by atoms with Crippen molar-refractivity contribution < 1.29 is 9.53 Å². The van der Waals surface area contributed by atoms with Gasteiger partial charge in [-0.15, -0.1) is 0 Å². The molecule has 62 valence electrons. The van der Waals surface area contributed by atoms with Crippen LogP contribution in [0.15, 0.2) is 12.2 Å². The number of methoxy groups -OCH3 is 1. The predicted octanol–water partition coefficient (Wildman–Crippen LogP) is 0.453. The lowest BCUT2D eigenvalue weighted by Crippen LogP contribution is -2.29. The molecule has 0 saturated carbocycles. The molecule has 3 heteroatoms. The van der Waals surface area contributed by atoms with Crippen molar-refractivity contribution in [1.82, 2.24) is 0 Å². The third-order valence-corrected chi connectivity index (χ3v) is 1.87. The van der Waals surface area contributed by atoms with Crippen LogP contribution in [-0.2, 0) is 9.53 Å². The molecule has 0 bridgehead atoms. The quantitative estimate of drug-likeness (QED) is 0.442. The fraction of sp³-hybridized carbons (Fsp3) is 0.625. The van der Waals surface area contributed by atoms with Crippen molar-refractivity contribution in [3.63, 3.8) is 0 Å². The van der Waals surface area contributed by atoms with Gasteiger partial charge in [0.25, 0.3) is 0 Å². The number of carbonyl (C=O) groups is 1. The topological polar surface area (TPSA) is 52.3 Å². The van der Waals surface area contributed by atoms with Crippen LogP contribution in [0.25, 0.3) is 0 Å². The number of nitrogens with two attached hydrogens (primary N) is 1. The number of hydrogen-bond donors (Lipinski definition) is 1. The van der Waals surface area contributed by atoms with Gasteiger partial charge in [-0.25, -0.2) is 0 Å². The zero-order valence-corrected chi connectivity index (χ0v) is 6.62. The van der Waals surface area contributed by atoms with Gasteiger partial charge in [-0.3, -0.25) is 4.79 Å². The van der Waals surface area contributed by atoms with Crippen LogP contribution in [0.5, 0.6) is 0 Å². The summed E-state index contributed by atoms with van der Waals surface area (Å²) in [7, 11) is 1.40. The molecule has 0 amide bonds. The first-order chi connectivity index (χ1) is 5.24. The second-order valence-electron chi connectivity index (χ2n) is 2.79. The molecule has 0 radical (unpaired) electrons. The third-order valence-electron chi connectivity index (χ3n) is 1.87. The summed E-state index contributed by atoms with van der Waals surface area (Å²) in [4.78, 5) is 11.0. The van der Waals surface area contributed by atoms with Crippen LogP contribution in [0.1, 0.15) is 12.8 Å². The molecule has 0 saturated heterocycles. The lowest BCUT2D eigenvalue weighted by atomic mass is 9.92. The highest BCUT2D eigenvalue weighted by Gasteiger charge is 2.21. The maximum absolute atomic E-state index is 11.0. The van der Waals surface area contributed by atoms with Crippen molar-refractivity contribution >= 4 is 5.97 Å². The summed E-state index contributed by atoms with van der Waals surface area (Å²) in [5, 5.41) is 0. The zero-order valence-electron chi connectivity index (χ0n) is 6.62. The molecule has 0 aromatic rings. The van der Waals surface area contributed by atoms with E-state index in [-0.39, 0.29) is 17.9 Å². The summed E-state index contributed by atoms with van der Waals surface area (Å²) >= 11 is 0. The molecule has 2 N–H and O–H groups in total. The minimum atomic E-state index is -0.184. The van der Waals surface area contributed by atoms with E-state index < -0.39 is 0 Å². The SMILES string of the molecule is COC(=O)C1C=CCC(N)C1. The van der Waals surface area contributed by atoms with Gasteiger partial charge in [-0.1, -0.05) is 12.2 Å². The Bertz CT molecular complexity index is 177. The molecule has 0 aromatic carbocycles. The van der Waals surface area contributed by atoms with Gasteiger partial charge in [0, 0.05) is 6.04 Å². The maximum Gasteiger partial charge on any atom is 0.312 e. The molecule has 0 spiro atoms. The molecule has 2 unspecified atom stereocenters. The largest absolute Gasteiger partial charge is 0.469 e. The van der Waals surface area contributed by atoms with E-state index in [0.29, 0.717) is 6.42 Å². The molecule has 1 rings (SSSR count). The van der Waals surface area contributed by atoms with Crippen LogP contribution in [-0.4, -0.2) is 19.1 Å². The average Bonchev–Trinajstić information content (AvgIpc) is 2.03. The lowest BCUT2D eigenvalue weighted by Gasteiger charge is -2.19. The molecule has 3 nitrogen and oxygen atoms in total. The maximum atomic E-state index is 11.0. The molecule has 0 fully saturated rings. The predicted molar refractivity (Wildman–Crippen MR) is 41.9 cm³/mol. The van der Waals surface area contributed by atoms with Crippen LogP contribution < -0.4 is 5.73 Å². The third kappa shape index (κ3) is 2.05. The second kappa shape index (κ2) is 3.53. The van der Waals surface area contributed by atoms with Crippen LogP contribution in [0.3, 0.4) is 0 Å². The minimum absolute atomic E-state index is 0.115. The number of esters is 1. The molecular weight excluding hydrogens is 142 g/mol. The Kier molecular flexibility index (Phi) is 2.65. The van der Waals surface area contributed by atoms with Gasteiger partial charge in [-0.2, -0.15) is 0 Å². The van der Waals surface area contributed by atoms with Crippen molar-refractivity contribution in [2.75, 3.05) is 7.11 Å². The Labute approximate surface area is 66.2 Å². The summed E-state index contributed by atoms with van der Waals surface area (Å²) < 4.78 is 4.59. The monoisotopic (exact) mass is 155 g/mol.